The molecule has 7 aromatic rings. The summed E-state index contributed by atoms with van der Waals surface area (Å²) in [7, 11) is 0. The number of nitrogens with zero attached hydrogens (tertiary/aromatic N) is 4. The summed E-state index contributed by atoms with van der Waals surface area (Å²) in [6.45, 7) is 7.88. The highest BCUT2D eigenvalue weighted by Crippen LogP contribution is 2.37. The highest BCUT2D eigenvalue weighted by atomic mass is 16.4. The average Bonchev–Trinajstić information content (AvgIpc) is 0.922. The predicted octanol–water partition coefficient (Wildman–Crippen LogP) is -2.47. The minimum Gasteiger partial charge on any atom is -0.508 e. The number of rotatable bonds is 51. The van der Waals surface area contributed by atoms with E-state index in [1.54, 1.807) is 13.8 Å². The SMILES string of the molecule is CC(C)C[C@H](NC(=O)[C@H](Cc1c[nH]cn1)NC(=O)[C@@H](NC(=O)[C@H](CC(=O)O)NC(=O)[C@H](CC(=O)O)NC(=O)[C@H](CC(=O)O)NC(=O)[C@H](CC(=O)O)NC(=O)[C@H](CC(=O)O)NC(=O)C(N)Cc1cn(Cc2ccc(C(=C(c3ccccc3)c3ccccc3)c3ccccc3)cc2)nn1)C(C)C)C(=O)NCC(=O)N[C@@H](Cc1ccc(O)cc1)C(=O)N[C@@H](C)C(=O)N[C@H](C(N)=O)C(C)O. The number of carbonyl (C=O) groups excluding carboxylic acids is 13. The number of imidazole rings is 1. The number of benzene rings is 5. The van der Waals surface area contributed by atoms with E-state index < -0.39 is 236 Å². The molecule has 131 heavy (non-hydrogen) atoms. The molecule has 0 spiro atoms. The van der Waals surface area contributed by atoms with E-state index in [9.17, 15) is 122 Å². The van der Waals surface area contributed by atoms with E-state index in [0.717, 1.165) is 39.0 Å². The molecule has 2 unspecified atom stereocenters. The monoisotopic (exact) mass is 1820 g/mol. The highest BCUT2D eigenvalue weighted by molar-refractivity contribution is 6.06. The maximum absolute atomic E-state index is 14.5. The van der Waals surface area contributed by atoms with Gasteiger partial charge in [-0.15, -0.1) is 5.10 Å². The predicted molar refractivity (Wildman–Crippen MR) is 462 cm³/mol. The van der Waals surface area contributed by atoms with Crippen LogP contribution in [-0.2, 0) is 112 Å². The molecule has 7 rings (SSSR count). The lowest BCUT2D eigenvalue weighted by Crippen LogP contribution is -2.62. The molecule has 0 aliphatic rings. The van der Waals surface area contributed by atoms with Crippen LogP contribution in [0.3, 0.4) is 0 Å². The summed E-state index contributed by atoms with van der Waals surface area (Å²) in [4.78, 5) is 247. The van der Waals surface area contributed by atoms with Crippen LogP contribution in [0.5, 0.6) is 5.75 Å². The first kappa shape index (κ1) is 102. The number of nitrogens with one attached hydrogen (secondary N) is 13. The van der Waals surface area contributed by atoms with Crippen molar-refractivity contribution < 1.29 is 122 Å². The zero-order valence-electron chi connectivity index (χ0n) is 71.9. The number of hydrogen-bond donors (Lipinski definition) is 22. The molecule has 0 aliphatic heterocycles. The van der Waals surface area contributed by atoms with Crippen molar-refractivity contribution in [1.29, 1.82) is 0 Å². The van der Waals surface area contributed by atoms with Crippen LogP contribution in [0.25, 0.3) is 11.1 Å². The van der Waals surface area contributed by atoms with Gasteiger partial charge in [0.25, 0.3) is 0 Å². The second-order valence-electron chi connectivity index (χ2n) is 31.4. The molecule has 2 heterocycles. The van der Waals surface area contributed by atoms with Crippen LogP contribution in [0, 0.1) is 11.8 Å². The topological polar surface area (TPSA) is 705 Å². The van der Waals surface area contributed by atoms with Crippen LogP contribution >= 0.6 is 0 Å². The van der Waals surface area contributed by atoms with Crippen molar-refractivity contribution in [3.63, 3.8) is 0 Å². The molecule has 0 bridgehead atoms. The third-order valence-corrected chi connectivity index (χ3v) is 19.9. The molecule has 44 nitrogen and oxygen atoms in total. The molecule has 0 saturated carbocycles. The quantitative estimate of drug-likeness (QED) is 0.0176. The van der Waals surface area contributed by atoms with Crippen LogP contribution in [-0.4, -0.2) is 252 Å². The van der Waals surface area contributed by atoms with Gasteiger partial charge in [-0.05, 0) is 88.8 Å². The van der Waals surface area contributed by atoms with Gasteiger partial charge in [-0.3, -0.25) is 86.3 Å². The molecule has 5 aromatic carbocycles. The van der Waals surface area contributed by atoms with Crippen LogP contribution in [0.4, 0.5) is 0 Å². The second kappa shape index (κ2) is 49.5. The molecular formula is C87H105N19O25. The maximum atomic E-state index is 14.5. The molecule has 0 fully saturated rings. The molecule has 13 atom stereocenters. The van der Waals surface area contributed by atoms with Crippen molar-refractivity contribution in [2.75, 3.05) is 6.54 Å². The third-order valence-electron chi connectivity index (χ3n) is 19.9. The Morgan fingerprint density at radius 2 is 0.794 bits per heavy atom. The molecule has 2 aromatic heterocycles. The Morgan fingerprint density at radius 1 is 0.405 bits per heavy atom. The number of aromatic hydroxyl groups is 1. The number of aliphatic hydroxyl groups is 1. The number of phenols is 1. The lowest BCUT2D eigenvalue weighted by Gasteiger charge is -2.28. The molecule has 24 N–H and O–H groups in total. The number of carboxylic acid groups (broad SMARTS) is 5. The van der Waals surface area contributed by atoms with Gasteiger partial charge < -0.3 is 116 Å². The fourth-order valence-corrected chi connectivity index (χ4v) is 13.4. The Hall–Kier alpha value is -15.6. The first-order valence-electron chi connectivity index (χ1n) is 41.1. The van der Waals surface area contributed by atoms with E-state index in [1.807, 2.05) is 137 Å². The average molecular weight is 1820 g/mol. The largest absolute Gasteiger partial charge is 0.508 e. The number of H-pyrrole nitrogens is 1. The fraction of sp³-hybridized carbons (Fsp3) is 0.368. The number of carbonyl (C=O) groups is 18. The van der Waals surface area contributed by atoms with Gasteiger partial charge in [0.05, 0.1) is 75.1 Å². The first-order chi connectivity index (χ1) is 62.0. The molecule has 0 saturated heterocycles. The van der Waals surface area contributed by atoms with Gasteiger partial charge in [-0.25, -0.2) is 9.67 Å². The van der Waals surface area contributed by atoms with Crippen LogP contribution in [0.2, 0.25) is 0 Å². The van der Waals surface area contributed by atoms with Crippen molar-refractivity contribution >= 4 is 118 Å². The first-order valence-corrected chi connectivity index (χ1v) is 41.1. The number of amides is 13. The Bertz CT molecular complexity index is 5210. The van der Waals surface area contributed by atoms with E-state index in [1.165, 1.54) is 75.4 Å². The molecule has 0 aliphatic carbocycles. The van der Waals surface area contributed by atoms with Gasteiger partial charge in [0, 0.05) is 31.7 Å². The minimum atomic E-state index is -2.42. The number of aliphatic hydroxyl groups excluding tert-OH is 1. The number of aromatic amines is 1. The number of nitrogens with two attached hydrogens (primary N) is 2. The fourth-order valence-electron chi connectivity index (χ4n) is 13.4. The van der Waals surface area contributed by atoms with E-state index in [-0.39, 0.29) is 48.9 Å². The molecule has 44 heteroatoms. The molecular weight excluding hydrogens is 1710 g/mol. The normalized spacial score (nSPS) is 14.0. The van der Waals surface area contributed by atoms with E-state index in [0.29, 0.717) is 5.56 Å². The summed E-state index contributed by atoms with van der Waals surface area (Å²) < 4.78 is 1.47. The van der Waals surface area contributed by atoms with Gasteiger partial charge >= 0.3 is 29.8 Å². The lowest BCUT2D eigenvalue weighted by atomic mass is 9.85. The molecule has 0 radical (unpaired) electrons. The smallest absolute Gasteiger partial charge is 0.305 e. The standard InChI is InChI=1S/C87H105N19O25/c1-44(2)30-58(79(123)91-40-66(109)94-59(31-48-24-28-56(108)29-25-48)80(124)93-46(5)77(121)103-75(47(6)107)76(89)120)96-81(125)60(33-54-39-90-43-92-54)101-87(131)74(45(3)4)102-86(130)65(38-71(118)119)100-85(129)64(37-70(116)117)99-84(128)63(36-69(114)115)98-83(127)62(35-68(112)113)97-82(126)61(34-67(110)111)95-78(122)57(88)32-55-42-106(105-104-55)41-49-22-26-53(27-23-49)73(52-20-14-9-15-21-52)72(50-16-10-7-11-17-50)51-18-12-8-13-19-51/h7-29,39,42-47,57-65,74-75,107-108H,30-38,40-41,88H2,1-6H3,(H2,89,120)(H,90,92)(H,91,123)(H,93,124)(H,94,109)(H,95,122)(H,96,125)(H,97,126)(H,98,127)(H,99,128)(H,100,129)(H,101,131)(H,102,130)(H,103,121)(H,110,111)(H,112,113)(H,114,115)(H,116,117)(H,118,119)/t46-,47?,57?,58-,59-,60-,61-,62-,63-,64-,65-,74-,75-/m0/s1. The zero-order chi connectivity index (χ0) is 96.5. The van der Waals surface area contributed by atoms with E-state index in [4.69, 9.17) is 11.5 Å². The molecule has 698 valence electrons. The Balaban J connectivity index is 0.989. The highest BCUT2D eigenvalue weighted by Gasteiger charge is 2.40. The summed E-state index contributed by atoms with van der Waals surface area (Å²) in [6.07, 6.45) is -5.31. The van der Waals surface area contributed by atoms with E-state index in [2.05, 4.69) is 62.8 Å². The summed E-state index contributed by atoms with van der Waals surface area (Å²) in [5.74, 6) is -26.9. The zero-order valence-corrected chi connectivity index (χ0v) is 71.9. The third kappa shape index (κ3) is 32.9. The van der Waals surface area contributed by atoms with E-state index >= 15 is 0 Å². The minimum absolute atomic E-state index is 0.116. The van der Waals surface area contributed by atoms with Crippen molar-refractivity contribution in [2.24, 2.45) is 23.3 Å². The van der Waals surface area contributed by atoms with Crippen molar-refractivity contribution in [3.05, 3.63) is 203 Å². The number of aromatic nitrogens is 5. The van der Waals surface area contributed by atoms with Gasteiger partial charge in [0.2, 0.25) is 76.8 Å². The van der Waals surface area contributed by atoms with Gasteiger partial charge in [0.15, 0.2) is 0 Å². The van der Waals surface area contributed by atoms with Crippen LogP contribution < -0.4 is 75.3 Å². The Morgan fingerprint density at radius 3 is 1.21 bits per heavy atom. The van der Waals surface area contributed by atoms with Crippen molar-refractivity contribution in [3.8, 4) is 5.75 Å². The van der Waals surface area contributed by atoms with Gasteiger partial charge in [-0.2, -0.15) is 0 Å². The number of phenolic OH excluding ortho intramolecular Hbond substituents is 1. The van der Waals surface area contributed by atoms with Crippen LogP contribution in [0.15, 0.2) is 158 Å². The second-order valence-corrected chi connectivity index (χ2v) is 31.4. The van der Waals surface area contributed by atoms with Crippen molar-refractivity contribution in [2.45, 2.75) is 184 Å². The summed E-state index contributed by atoms with van der Waals surface area (Å²) >= 11 is 0. The summed E-state index contributed by atoms with van der Waals surface area (Å²) in [5, 5.41) is 104. The maximum Gasteiger partial charge on any atom is 0.305 e. The van der Waals surface area contributed by atoms with Gasteiger partial charge in [-0.1, -0.05) is 160 Å². The lowest BCUT2D eigenvalue weighted by molar-refractivity contribution is -0.145. The number of hydrogen-bond acceptors (Lipinski definition) is 24. The molecule has 13 amide bonds. The van der Waals surface area contributed by atoms with Gasteiger partial charge in [0.1, 0.15) is 72.2 Å². The Labute approximate surface area is 748 Å². The number of aliphatic carboxylic acids is 5. The number of carboxylic acids is 5. The summed E-state index contributed by atoms with van der Waals surface area (Å²) in [5.41, 5.74) is 18.9. The van der Waals surface area contributed by atoms with Crippen molar-refractivity contribution in [1.82, 2.24) is 88.8 Å². The summed E-state index contributed by atoms with van der Waals surface area (Å²) in [6, 6.07) is 20.6. The Kier molecular flexibility index (Phi) is 38.7. The number of primary amides is 1. The van der Waals surface area contributed by atoms with Crippen LogP contribution in [0.1, 0.15) is 125 Å².